The molecule has 2 amide bonds. The Hall–Kier alpha value is -2.42. The van der Waals surface area contributed by atoms with Crippen molar-refractivity contribution >= 4 is 33.5 Å². The third kappa shape index (κ3) is 6.14. The lowest BCUT2D eigenvalue weighted by atomic mass is 9.89. The third-order valence-corrected chi connectivity index (χ3v) is 4.61. The lowest BCUT2D eigenvalue weighted by Gasteiger charge is -2.20. The molecule has 142 valence electrons. The van der Waals surface area contributed by atoms with Crippen molar-refractivity contribution in [2.75, 3.05) is 17.6 Å². The number of anilines is 1. The topological polar surface area (TPSA) is 119 Å². The average molecular weight is 382 g/mol. The molecule has 8 nitrogen and oxygen atoms in total. The highest BCUT2D eigenvalue weighted by molar-refractivity contribution is 7.92. The Morgan fingerprint density at radius 1 is 1.12 bits per heavy atom. The molecule has 0 atom stereocenters. The van der Waals surface area contributed by atoms with Gasteiger partial charge in [0.15, 0.2) is 6.61 Å². The van der Waals surface area contributed by atoms with Gasteiger partial charge in [0.1, 0.15) is 0 Å². The van der Waals surface area contributed by atoms with E-state index in [1.54, 1.807) is 6.07 Å². The number of ether oxygens (including phenoxy) is 1. The number of carbonyl (C=O) groups excluding carboxylic acids is 3. The second kappa shape index (κ2) is 8.79. The third-order valence-electron chi connectivity index (χ3n) is 4.02. The molecule has 1 saturated carbocycles. The predicted octanol–water partition coefficient (Wildman–Crippen LogP) is 1.44. The van der Waals surface area contributed by atoms with E-state index in [0.717, 1.165) is 38.4 Å². The maximum Gasteiger partial charge on any atom is 0.340 e. The van der Waals surface area contributed by atoms with E-state index in [4.69, 9.17) is 4.74 Å². The summed E-state index contributed by atoms with van der Waals surface area (Å²) in [6.45, 7) is -0.621. The highest BCUT2D eigenvalue weighted by Gasteiger charge is 2.23. The molecule has 0 aromatic heterocycles. The van der Waals surface area contributed by atoms with Crippen molar-refractivity contribution in [3.8, 4) is 0 Å². The van der Waals surface area contributed by atoms with Crippen LogP contribution in [-0.4, -0.2) is 39.1 Å². The molecule has 1 aromatic carbocycles. The molecule has 1 aliphatic rings. The zero-order chi connectivity index (χ0) is 19.2. The minimum absolute atomic E-state index is 0.0238. The van der Waals surface area contributed by atoms with Crippen LogP contribution in [0, 0.1) is 5.92 Å². The molecule has 1 fully saturated rings. The van der Waals surface area contributed by atoms with Gasteiger partial charge in [-0.15, -0.1) is 0 Å². The number of carbonyl (C=O) groups is 3. The number of sulfonamides is 1. The van der Waals surface area contributed by atoms with Crippen LogP contribution in [0.25, 0.3) is 0 Å². The quantitative estimate of drug-likeness (QED) is 0.719. The molecule has 0 bridgehead atoms. The fraction of sp³-hybridized carbons (Fsp3) is 0.471. The lowest BCUT2D eigenvalue weighted by molar-refractivity contribution is -0.135. The summed E-state index contributed by atoms with van der Waals surface area (Å²) >= 11 is 0. The molecule has 2 rings (SSSR count). The summed E-state index contributed by atoms with van der Waals surface area (Å²) in [7, 11) is -3.57. The molecule has 0 saturated heterocycles. The van der Waals surface area contributed by atoms with Gasteiger partial charge in [0, 0.05) is 5.92 Å². The number of hydrogen-bond acceptors (Lipinski definition) is 6. The molecule has 9 heteroatoms. The number of benzene rings is 1. The van der Waals surface area contributed by atoms with Crippen molar-refractivity contribution in [3.05, 3.63) is 29.8 Å². The number of nitrogens with one attached hydrogen (secondary N) is 2. The van der Waals surface area contributed by atoms with Crippen LogP contribution >= 0.6 is 0 Å². The first-order valence-corrected chi connectivity index (χ1v) is 10.2. The van der Waals surface area contributed by atoms with Crippen molar-refractivity contribution in [2.45, 2.75) is 32.1 Å². The minimum atomic E-state index is -3.57. The maximum atomic E-state index is 12.1. The SMILES string of the molecule is CS(=O)(=O)Nc1ccccc1C(=O)OCC(=O)NC(=O)C1CCCCC1. The smallest absolute Gasteiger partial charge is 0.340 e. The Balaban J connectivity index is 1.90. The van der Waals surface area contributed by atoms with E-state index >= 15 is 0 Å². The summed E-state index contributed by atoms with van der Waals surface area (Å²) in [6, 6.07) is 5.88. The number of rotatable bonds is 6. The molecule has 0 unspecified atom stereocenters. The van der Waals surface area contributed by atoms with Crippen LogP contribution in [0.2, 0.25) is 0 Å². The van der Waals surface area contributed by atoms with Gasteiger partial charge in [0.2, 0.25) is 15.9 Å². The molecule has 0 aliphatic heterocycles. The van der Waals surface area contributed by atoms with E-state index in [2.05, 4.69) is 10.0 Å². The average Bonchev–Trinajstić information content (AvgIpc) is 2.59. The van der Waals surface area contributed by atoms with Crippen molar-refractivity contribution < 1.29 is 27.5 Å². The van der Waals surface area contributed by atoms with Crippen LogP contribution in [0.1, 0.15) is 42.5 Å². The van der Waals surface area contributed by atoms with E-state index in [-0.39, 0.29) is 23.1 Å². The van der Waals surface area contributed by atoms with E-state index in [9.17, 15) is 22.8 Å². The summed E-state index contributed by atoms with van der Waals surface area (Å²) in [5.41, 5.74) is 0.0306. The Kier molecular flexibility index (Phi) is 6.73. The van der Waals surface area contributed by atoms with E-state index in [1.807, 2.05) is 0 Å². The fourth-order valence-corrected chi connectivity index (χ4v) is 3.38. The largest absolute Gasteiger partial charge is 0.452 e. The van der Waals surface area contributed by atoms with Crippen LogP contribution in [0.3, 0.4) is 0 Å². The highest BCUT2D eigenvalue weighted by atomic mass is 32.2. The highest BCUT2D eigenvalue weighted by Crippen LogP contribution is 2.23. The molecule has 0 spiro atoms. The molecule has 1 aromatic rings. The first-order valence-electron chi connectivity index (χ1n) is 8.34. The predicted molar refractivity (Wildman–Crippen MR) is 94.9 cm³/mol. The summed E-state index contributed by atoms with van der Waals surface area (Å²) < 4.78 is 29.8. The van der Waals surface area contributed by atoms with Crippen LogP contribution in [0.4, 0.5) is 5.69 Å². The van der Waals surface area contributed by atoms with E-state index < -0.39 is 28.5 Å². The zero-order valence-corrected chi connectivity index (χ0v) is 15.3. The molecular weight excluding hydrogens is 360 g/mol. The minimum Gasteiger partial charge on any atom is -0.452 e. The van der Waals surface area contributed by atoms with Crippen molar-refractivity contribution in [1.29, 1.82) is 0 Å². The Morgan fingerprint density at radius 3 is 2.42 bits per heavy atom. The number of amides is 2. The summed E-state index contributed by atoms with van der Waals surface area (Å²) in [5, 5.41) is 2.24. The molecule has 2 N–H and O–H groups in total. The molecule has 1 aliphatic carbocycles. The van der Waals surface area contributed by atoms with Crippen molar-refractivity contribution in [2.24, 2.45) is 5.92 Å². The number of esters is 1. The fourth-order valence-electron chi connectivity index (χ4n) is 2.80. The molecule has 0 heterocycles. The summed E-state index contributed by atoms with van der Waals surface area (Å²) in [5.74, 6) is -2.09. The van der Waals surface area contributed by atoms with Gasteiger partial charge in [-0.05, 0) is 25.0 Å². The van der Waals surface area contributed by atoms with Crippen molar-refractivity contribution in [3.63, 3.8) is 0 Å². The number of hydrogen-bond donors (Lipinski definition) is 2. The first kappa shape index (κ1) is 19.9. The zero-order valence-electron chi connectivity index (χ0n) is 14.5. The van der Waals surface area contributed by atoms with Crippen LogP contribution in [0.15, 0.2) is 24.3 Å². The first-order chi connectivity index (χ1) is 12.3. The van der Waals surface area contributed by atoms with E-state index in [0.29, 0.717) is 0 Å². The van der Waals surface area contributed by atoms with Gasteiger partial charge in [-0.1, -0.05) is 31.4 Å². The number of imide groups is 1. The second-order valence-corrected chi connectivity index (χ2v) is 7.99. The van der Waals surface area contributed by atoms with Gasteiger partial charge in [-0.2, -0.15) is 0 Å². The second-order valence-electron chi connectivity index (χ2n) is 6.24. The lowest BCUT2D eigenvalue weighted by Crippen LogP contribution is -2.38. The van der Waals surface area contributed by atoms with Gasteiger partial charge in [0.05, 0.1) is 17.5 Å². The summed E-state index contributed by atoms with van der Waals surface area (Å²) in [4.78, 5) is 35.9. The Morgan fingerprint density at radius 2 is 1.77 bits per heavy atom. The molecule has 26 heavy (non-hydrogen) atoms. The Labute approximate surface area is 152 Å². The standard InChI is InChI=1S/C17H22N2O6S/c1-26(23,24)19-14-10-6-5-9-13(14)17(22)25-11-15(20)18-16(21)12-7-3-2-4-8-12/h5-6,9-10,12,19H,2-4,7-8,11H2,1H3,(H,18,20,21). The van der Waals surface area contributed by atoms with Gasteiger partial charge in [-0.3, -0.25) is 19.6 Å². The van der Waals surface area contributed by atoms with Crippen LogP contribution in [-0.2, 0) is 24.3 Å². The van der Waals surface area contributed by atoms with Crippen LogP contribution in [0.5, 0.6) is 0 Å². The normalized spacial score (nSPS) is 15.1. The summed E-state index contributed by atoms with van der Waals surface area (Å²) in [6.07, 6.45) is 5.49. The van der Waals surface area contributed by atoms with Gasteiger partial charge < -0.3 is 4.74 Å². The molecule has 0 radical (unpaired) electrons. The van der Waals surface area contributed by atoms with Gasteiger partial charge in [-0.25, -0.2) is 13.2 Å². The monoisotopic (exact) mass is 382 g/mol. The number of para-hydroxylation sites is 1. The van der Waals surface area contributed by atoms with E-state index in [1.165, 1.54) is 18.2 Å². The van der Waals surface area contributed by atoms with Gasteiger partial charge >= 0.3 is 5.97 Å². The maximum absolute atomic E-state index is 12.1. The molecular formula is C17H22N2O6S. The van der Waals surface area contributed by atoms with Gasteiger partial charge in [0.25, 0.3) is 5.91 Å². The van der Waals surface area contributed by atoms with Crippen molar-refractivity contribution in [1.82, 2.24) is 5.32 Å². The Bertz CT molecular complexity index is 784. The van der Waals surface area contributed by atoms with Crippen LogP contribution < -0.4 is 10.0 Å².